The van der Waals surface area contributed by atoms with Gasteiger partial charge >= 0.3 is 0 Å². The van der Waals surface area contributed by atoms with E-state index in [9.17, 15) is 9.90 Å². The average Bonchev–Trinajstić information content (AvgIpc) is 2.53. The average molecular weight is 262 g/mol. The summed E-state index contributed by atoms with van der Waals surface area (Å²) in [5.74, 6) is 0. The van der Waals surface area contributed by atoms with Crippen LogP contribution >= 0.6 is 0 Å². The highest BCUT2D eigenvalue weighted by Crippen LogP contribution is 2.33. The van der Waals surface area contributed by atoms with Crippen molar-refractivity contribution in [3.8, 4) is 11.1 Å². The summed E-state index contributed by atoms with van der Waals surface area (Å²) >= 11 is 0. The molecule has 3 aromatic carbocycles. The fraction of sp³-hybridized carbons (Fsp3) is 0.0556. The summed E-state index contributed by atoms with van der Waals surface area (Å²) < 4.78 is 0. The van der Waals surface area contributed by atoms with E-state index >= 15 is 0 Å². The third-order valence-electron chi connectivity index (χ3n) is 3.54. The summed E-state index contributed by atoms with van der Waals surface area (Å²) in [6.07, 6.45) is 0.859. The van der Waals surface area contributed by atoms with E-state index in [2.05, 4.69) is 0 Å². The van der Waals surface area contributed by atoms with Crippen LogP contribution in [0.15, 0.2) is 60.7 Å². The number of aliphatic hydroxyl groups is 1. The van der Waals surface area contributed by atoms with Crippen LogP contribution in [0.2, 0.25) is 0 Å². The van der Waals surface area contributed by atoms with Crippen molar-refractivity contribution in [2.75, 3.05) is 0 Å². The standard InChI is InChI=1S/C18H14O2/c19-11-14-6-2-4-8-17(14)18-15(12-20)10-9-13-5-1-3-7-16(13)18/h1-11,20H,12H2. The maximum atomic E-state index is 11.3. The number of benzene rings is 3. The fourth-order valence-corrected chi connectivity index (χ4v) is 2.59. The number of fused-ring (bicyclic) bond motifs is 1. The lowest BCUT2D eigenvalue weighted by molar-refractivity contribution is 0.112. The summed E-state index contributed by atoms with van der Waals surface area (Å²) in [6, 6.07) is 19.4. The van der Waals surface area contributed by atoms with Gasteiger partial charge in [-0.3, -0.25) is 4.79 Å². The third-order valence-corrected chi connectivity index (χ3v) is 3.54. The molecular formula is C18H14O2. The van der Waals surface area contributed by atoms with Gasteiger partial charge in [0.2, 0.25) is 0 Å². The molecule has 0 aliphatic heterocycles. The Morgan fingerprint density at radius 2 is 1.65 bits per heavy atom. The molecule has 3 aromatic rings. The van der Waals surface area contributed by atoms with Gasteiger partial charge in [0.05, 0.1) is 6.61 Å². The number of aldehydes is 1. The lowest BCUT2D eigenvalue weighted by Crippen LogP contribution is -1.94. The van der Waals surface area contributed by atoms with Gasteiger partial charge in [0.1, 0.15) is 0 Å². The molecule has 0 spiro atoms. The van der Waals surface area contributed by atoms with Crippen LogP contribution in [0, 0.1) is 0 Å². The second kappa shape index (κ2) is 5.27. The number of carbonyl (C=O) groups is 1. The van der Waals surface area contributed by atoms with E-state index < -0.39 is 0 Å². The summed E-state index contributed by atoms with van der Waals surface area (Å²) in [7, 11) is 0. The van der Waals surface area contributed by atoms with Gasteiger partial charge in [0, 0.05) is 5.56 Å². The third kappa shape index (κ3) is 2.00. The first-order valence-corrected chi connectivity index (χ1v) is 6.51. The Labute approximate surface area is 117 Å². The molecule has 0 radical (unpaired) electrons. The summed E-state index contributed by atoms with van der Waals surface area (Å²) in [4.78, 5) is 11.3. The van der Waals surface area contributed by atoms with Crippen LogP contribution in [0.4, 0.5) is 0 Å². The molecule has 98 valence electrons. The van der Waals surface area contributed by atoms with Crippen molar-refractivity contribution in [3.05, 3.63) is 71.8 Å². The zero-order chi connectivity index (χ0) is 13.9. The fourth-order valence-electron chi connectivity index (χ4n) is 2.59. The largest absolute Gasteiger partial charge is 0.392 e. The zero-order valence-corrected chi connectivity index (χ0v) is 10.9. The topological polar surface area (TPSA) is 37.3 Å². The molecule has 20 heavy (non-hydrogen) atoms. The predicted molar refractivity (Wildman–Crippen MR) is 80.7 cm³/mol. The number of carbonyl (C=O) groups excluding carboxylic acids is 1. The van der Waals surface area contributed by atoms with Crippen molar-refractivity contribution in [1.29, 1.82) is 0 Å². The molecule has 0 bridgehead atoms. The molecule has 0 saturated heterocycles. The molecular weight excluding hydrogens is 248 g/mol. The molecule has 3 rings (SSSR count). The van der Waals surface area contributed by atoms with Crippen LogP contribution < -0.4 is 0 Å². The summed E-state index contributed by atoms with van der Waals surface area (Å²) in [5, 5.41) is 11.8. The Bertz CT molecular complexity index is 775. The Hall–Kier alpha value is -2.45. The molecule has 2 nitrogen and oxygen atoms in total. The maximum Gasteiger partial charge on any atom is 0.150 e. The monoisotopic (exact) mass is 262 g/mol. The first kappa shape index (κ1) is 12.6. The van der Waals surface area contributed by atoms with E-state index in [1.807, 2.05) is 54.6 Å². The van der Waals surface area contributed by atoms with E-state index in [0.717, 1.165) is 33.7 Å². The minimum absolute atomic E-state index is 0.0483. The maximum absolute atomic E-state index is 11.3. The van der Waals surface area contributed by atoms with Crippen LogP contribution in [0.5, 0.6) is 0 Å². The number of hydrogen-bond donors (Lipinski definition) is 1. The number of rotatable bonds is 3. The molecule has 0 fully saturated rings. The Morgan fingerprint density at radius 1 is 0.900 bits per heavy atom. The van der Waals surface area contributed by atoms with Gasteiger partial charge in [-0.25, -0.2) is 0 Å². The Morgan fingerprint density at radius 3 is 2.45 bits per heavy atom. The molecule has 0 amide bonds. The molecule has 0 unspecified atom stereocenters. The van der Waals surface area contributed by atoms with Crippen LogP contribution in [0.25, 0.3) is 21.9 Å². The van der Waals surface area contributed by atoms with Gasteiger partial charge in [0.25, 0.3) is 0 Å². The van der Waals surface area contributed by atoms with Gasteiger partial charge in [-0.2, -0.15) is 0 Å². The van der Waals surface area contributed by atoms with E-state index in [4.69, 9.17) is 0 Å². The second-order valence-corrected chi connectivity index (χ2v) is 4.68. The van der Waals surface area contributed by atoms with Crippen LogP contribution in [-0.4, -0.2) is 11.4 Å². The van der Waals surface area contributed by atoms with E-state index in [1.54, 1.807) is 6.07 Å². The predicted octanol–water partition coefficient (Wildman–Crippen LogP) is 3.81. The van der Waals surface area contributed by atoms with Crippen LogP contribution in [0.1, 0.15) is 15.9 Å². The molecule has 0 aliphatic carbocycles. The summed E-state index contributed by atoms with van der Waals surface area (Å²) in [6.45, 7) is -0.0483. The normalized spacial score (nSPS) is 10.7. The van der Waals surface area contributed by atoms with E-state index in [-0.39, 0.29) is 6.61 Å². The molecule has 0 saturated carbocycles. The van der Waals surface area contributed by atoms with E-state index in [0.29, 0.717) is 5.56 Å². The molecule has 0 atom stereocenters. The van der Waals surface area contributed by atoms with Crippen molar-refractivity contribution < 1.29 is 9.90 Å². The molecule has 0 aromatic heterocycles. The quantitative estimate of drug-likeness (QED) is 0.729. The number of hydrogen-bond acceptors (Lipinski definition) is 2. The van der Waals surface area contributed by atoms with Crippen molar-refractivity contribution in [3.63, 3.8) is 0 Å². The zero-order valence-electron chi connectivity index (χ0n) is 10.9. The highest BCUT2D eigenvalue weighted by Gasteiger charge is 2.12. The van der Waals surface area contributed by atoms with Crippen molar-refractivity contribution in [2.45, 2.75) is 6.61 Å². The highest BCUT2D eigenvalue weighted by atomic mass is 16.3. The lowest BCUT2D eigenvalue weighted by Gasteiger charge is -2.13. The number of aliphatic hydroxyl groups excluding tert-OH is 1. The van der Waals surface area contributed by atoms with Crippen molar-refractivity contribution in [2.24, 2.45) is 0 Å². The van der Waals surface area contributed by atoms with Crippen molar-refractivity contribution in [1.82, 2.24) is 0 Å². The van der Waals surface area contributed by atoms with Crippen LogP contribution in [-0.2, 0) is 6.61 Å². The second-order valence-electron chi connectivity index (χ2n) is 4.68. The molecule has 0 heterocycles. The first-order chi connectivity index (χ1) is 9.85. The minimum atomic E-state index is -0.0483. The van der Waals surface area contributed by atoms with E-state index in [1.165, 1.54) is 0 Å². The lowest BCUT2D eigenvalue weighted by atomic mass is 9.91. The Kier molecular flexibility index (Phi) is 3.32. The van der Waals surface area contributed by atoms with Crippen LogP contribution in [0.3, 0.4) is 0 Å². The Balaban J connectivity index is 2.42. The SMILES string of the molecule is O=Cc1ccccc1-c1c(CO)ccc2ccccc12. The van der Waals surface area contributed by atoms with Gasteiger partial charge < -0.3 is 5.11 Å². The smallest absolute Gasteiger partial charge is 0.150 e. The van der Waals surface area contributed by atoms with Gasteiger partial charge in [-0.05, 0) is 27.5 Å². The van der Waals surface area contributed by atoms with Gasteiger partial charge in [-0.1, -0.05) is 60.7 Å². The molecule has 2 heteroatoms. The molecule has 0 aliphatic rings. The van der Waals surface area contributed by atoms with Crippen molar-refractivity contribution >= 4 is 17.1 Å². The van der Waals surface area contributed by atoms with Gasteiger partial charge in [-0.15, -0.1) is 0 Å². The molecule has 1 N–H and O–H groups in total. The first-order valence-electron chi connectivity index (χ1n) is 6.51. The highest BCUT2D eigenvalue weighted by molar-refractivity contribution is 6.02. The summed E-state index contributed by atoms with van der Waals surface area (Å²) in [5.41, 5.74) is 3.27. The van der Waals surface area contributed by atoms with Gasteiger partial charge in [0.15, 0.2) is 6.29 Å². The minimum Gasteiger partial charge on any atom is -0.392 e.